The van der Waals surface area contributed by atoms with Gasteiger partial charge in [-0.3, -0.25) is 9.48 Å². The first-order valence-electron chi connectivity index (χ1n) is 7.14. The number of aryl methyl sites for hydroxylation is 3. The summed E-state index contributed by atoms with van der Waals surface area (Å²) in [5, 5.41) is 4.93. The molecule has 0 bridgehead atoms. The molecule has 2 aromatic rings. The normalized spacial score (nSPS) is 15.0. The van der Waals surface area contributed by atoms with Crippen molar-refractivity contribution in [2.24, 2.45) is 7.05 Å². The van der Waals surface area contributed by atoms with Crippen molar-refractivity contribution < 1.29 is 4.79 Å². The average Bonchev–Trinajstić information content (AvgIpc) is 2.62. The predicted molar refractivity (Wildman–Crippen MR) is 83.5 cm³/mol. The van der Waals surface area contributed by atoms with Crippen LogP contribution in [0.2, 0.25) is 5.15 Å². The van der Waals surface area contributed by atoms with Gasteiger partial charge in [0.1, 0.15) is 5.15 Å². The highest BCUT2D eigenvalue weighted by molar-refractivity contribution is 6.30. The van der Waals surface area contributed by atoms with E-state index in [1.165, 1.54) is 5.56 Å². The van der Waals surface area contributed by atoms with E-state index < -0.39 is 0 Å². The van der Waals surface area contributed by atoms with E-state index in [0.29, 0.717) is 18.1 Å². The lowest BCUT2D eigenvalue weighted by Gasteiger charge is -2.23. The van der Waals surface area contributed by atoms with Gasteiger partial charge in [0, 0.05) is 24.7 Å². The molecule has 3 rings (SSSR count). The molecule has 5 heteroatoms. The van der Waals surface area contributed by atoms with Gasteiger partial charge in [-0.25, -0.2) is 0 Å². The summed E-state index contributed by atoms with van der Waals surface area (Å²) in [6.07, 6.45) is 2.41. The number of hydrogen-bond acceptors (Lipinski definition) is 2. The minimum Gasteiger partial charge on any atom is -0.308 e. The van der Waals surface area contributed by atoms with Crippen LogP contribution in [0.25, 0.3) is 0 Å². The maximum Gasteiger partial charge on any atom is 0.227 e. The summed E-state index contributed by atoms with van der Waals surface area (Å²) in [5.41, 5.74) is 4.02. The second-order valence-electron chi connectivity index (χ2n) is 5.44. The quantitative estimate of drug-likeness (QED) is 0.854. The van der Waals surface area contributed by atoms with Gasteiger partial charge >= 0.3 is 0 Å². The first-order valence-corrected chi connectivity index (χ1v) is 7.52. The standard InChI is InChI=1S/C16H18ClN3O/c1-11-13(16(17)19(2)18-11)10-20-14-8-4-3-6-12(14)7-5-9-15(20)21/h3-4,6,8H,5,7,9-10H2,1-2H3. The van der Waals surface area contributed by atoms with Crippen molar-refractivity contribution in [3.63, 3.8) is 0 Å². The fourth-order valence-electron chi connectivity index (χ4n) is 2.87. The molecule has 0 saturated carbocycles. The van der Waals surface area contributed by atoms with Crippen LogP contribution in [0.15, 0.2) is 24.3 Å². The molecule has 1 aromatic heterocycles. The number of aromatic nitrogens is 2. The first-order chi connectivity index (χ1) is 10.1. The SMILES string of the molecule is Cc1nn(C)c(Cl)c1CN1C(=O)CCCc2ccccc21. The topological polar surface area (TPSA) is 38.1 Å². The Kier molecular flexibility index (Phi) is 3.72. The van der Waals surface area contributed by atoms with Gasteiger partial charge in [0.2, 0.25) is 5.91 Å². The lowest BCUT2D eigenvalue weighted by molar-refractivity contribution is -0.118. The van der Waals surface area contributed by atoms with Crippen molar-refractivity contribution >= 4 is 23.2 Å². The van der Waals surface area contributed by atoms with E-state index >= 15 is 0 Å². The second kappa shape index (κ2) is 5.53. The summed E-state index contributed by atoms with van der Waals surface area (Å²) >= 11 is 6.31. The fourth-order valence-corrected chi connectivity index (χ4v) is 3.10. The molecule has 0 unspecified atom stereocenters. The Morgan fingerprint density at radius 2 is 2.05 bits per heavy atom. The highest BCUT2D eigenvalue weighted by atomic mass is 35.5. The predicted octanol–water partition coefficient (Wildman–Crippen LogP) is 3.25. The van der Waals surface area contributed by atoms with E-state index in [1.807, 2.05) is 37.1 Å². The van der Waals surface area contributed by atoms with Gasteiger partial charge in [-0.2, -0.15) is 5.10 Å². The molecule has 0 atom stereocenters. The number of anilines is 1. The van der Waals surface area contributed by atoms with E-state index in [1.54, 1.807) is 4.68 Å². The largest absolute Gasteiger partial charge is 0.308 e. The van der Waals surface area contributed by atoms with Gasteiger partial charge in [0.05, 0.1) is 12.2 Å². The number of hydrogen-bond donors (Lipinski definition) is 0. The van der Waals surface area contributed by atoms with E-state index in [4.69, 9.17) is 11.6 Å². The molecule has 110 valence electrons. The fraction of sp³-hybridized carbons (Fsp3) is 0.375. The van der Waals surface area contributed by atoms with Crippen molar-refractivity contribution in [1.82, 2.24) is 9.78 Å². The van der Waals surface area contributed by atoms with Crippen LogP contribution in [-0.2, 0) is 24.8 Å². The number of halogens is 1. The zero-order chi connectivity index (χ0) is 15.0. The van der Waals surface area contributed by atoms with Gasteiger partial charge in [0.25, 0.3) is 0 Å². The summed E-state index contributed by atoms with van der Waals surface area (Å²) in [6, 6.07) is 8.11. The number of carbonyl (C=O) groups excluding carboxylic acids is 1. The van der Waals surface area contributed by atoms with Crippen molar-refractivity contribution in [3.05, 3.63) is 46.2 Å². The van der Waals surface area contributed by atoms with Gasteiger partial charge < -0.3 is 4.90 Å². The average molecular weight is 304 g/mol. The summed E-state index contributed by atoms with van der Waals surface area (Å²) in [7, 11) is 1.82. The number of benzene rings is 1. The summed E-state index contributed by atoms with van der Waals surface area (Å²) < 4.78 is 1.65. The minimum absolute atomic E-state index is 0.152. The highest BCUT2D eigenvalue weighted by Gasteiger charge is 2.24. The van der Waals surface area contributed by atoms with Crippen LogP contribution < -0.4 is 4.90 Å². The molecule has 0 fully saturated rings. The van der Waals surface area contributed by atoms with Crippen molar-refractivity contribution in [3.8, 4) is 0 Å². The third kappa shape index (κ3) is 2.56. The third-order valence-corrected chi connectivity index (χ3v) is 4.48. The van der Waals surface area contributed by atoms with Crippen molar-refractivity contribution in [1.29, 1.82) is 0 Å². The molecule has 1 aromatic carbocycles. The third-order valence-electron chi connectivity index (χ3n) is 4.01. The number of fused-ring (bicyclic) bond motifs is 1. The second-order valence-corrected chi connectivity index (χ2v) is 5.80. The van der Waals surface area contributed by atoms with E-state index in [0.717, 1.165) is 29.8 Å². The molecule has 1 amide bonds. The molecule has 0 radical (unpaired) electrons. The zero-order valence-corrected chi connectivity index (χ0v) is 13.0. The molecule has 0 saturated heterocycles. The van der Waals surface area contributed by atoms with Gasteiger partial charge in [-0.05, 0) is 31.4 Å². The van der Waals surface area contributed by atoms with Gasteiger partial charge in [-0.1, -0.05) is 29.8 Å². The van der Waals surface area contributed by atoms with Crippen LogP contribution in [0.3, 0.4) is 0 Å². The monoisotopic (exact) mass is 303 g/mol. The van der Waals surface area contributed by atoms with Crippen LogP contribution in [0.1, 0.15) is 29.7 Å². The molecule has 21 heavy (non-hydrogen) atoms. The summed E-state index contributed by atoms with van der Waals surface area (Å²) in [4.78, 5) is 14.3. The van der Waals surface area contributed by atoms with Gasteiger partial charge in [0.15, 0.2) is 0 Å². The Balaban J connectivity index is 2.02. The van der Waals surface area contributed by atoms with Crippen LogP contribution in [0, 0.1) is 6.92 Å². The Morgan fingerprint density at radius 3 is 2.76 bits per heavy atom. The maximum atomic E-state index is 12.5. The van der Waals surface area contributed by atoms with E-state index in [2.05, 4.69) is 11.2 Å². The number of nitrogens with zero attached hydrogens (tertiary/aromatic N) is 3. The lowest BCUT2D eigenvalue weighted by Crippen LogP contribution is -2.29. The molecule has 1 aliphatic heterocycles. The molecule has 0 spiro atoms. The van der Waals surface area contributed by atoms with Gasteiger partial charge in [-0.15, -0.1) is 0 Å². The molecular weight excluding hydrogens is 286 g/mol. The molecule has 4 nitrogen and oxygen atoms in total. The molecular formula is C16H18ClN3O. The number of carbonyl (C=O) groups is 1. The van der Waals surface area contributed by atoms with Crippen molar-refractivity contribution in [2.75, 3.05) is 4.90 Å². The molecule has 0 aliphatic carbocycles. The number of amides is 1. The van der Waals surface area contributed by atoms with Crippen LogP contribution in [0.4, 0.5) is 5.69 Å². The summed E-state index contributed by atoms with van der Waals surface area (Å²) in [5.74, 6) is 0.152. The summed E-state index contributed by atoms with van der Waals surface area (Å²) in [6.45, 7) is 2.41. The molecule has 1 aliphatic rings. The number of rotatable bonds is 2. The first kappa shape index (κ1) is 14.1. The highest BCUT2D eigenvalue weighted by Crippen LogP contribution is 2.30. The smallest absolute Gasteiger partial charge is 0.227 e. The van der Waals surface area contributed by atoms with Crippen LogP contribution >= 0.6 is 11.6 Å². The number of para-hydroxylation sites is 1. The maximum absolute atomic E-state index is 12.5. The Bertz CT molecular complexity index is 693. The van der Waals surface area contributed by atoms with Crippen LogP contribution in [-0.4, -0.2) is 15.7 Å². The molecule has 0 N–H and O–H groups in total. The Morgan fingerprint density at radius 1 is 1.29 bits per heavy atom. The Labute approximate surface area is 129 Å². The molecule has 2 heterocycles. The van der Waals surface area contributed by atoms with Crippen LogP contribution in [0.5, 0.6) is 0 Å². The van der Waals surface area contributed by atoms with Crippen molar-refractivity contribution in [2.45, 2.75) is 32.7 Å². The van der Waals surface area contributed by atoms with E-state index in [-0.39, 0.29) is 5.91 Å². The lowest BCUT2D eigenvalue weighted by atomic mass is 10.1. The van der Waals surface area contributed by atoms with E-state index in [9.17, 15) is 4.79 Å². The minimum atomic E-state index is 0.152. The zero-order valence-electron chi connectivity index (χ0n) is 12.3. The Hall–Kier alpha value is -1.81.